The van der Waals surface area contributed by atoms with Crippen LogP contribution in [0.2, 0.25) is 0 Å². The van der Waals surface area contributed by atoms with Crippen LogP contribution in [0, 0.1) is 17.8 Å². The maximum Gasteiger partial charge on any atom is 0.0623 e. The van der Waals surface area contributed by atoms with Gasteiger partial charge in [0.05, 0.1) is 11.2 Å². The molecule has 17 heavy (non-hydrogen) atoms. The van der Waals surface area contributed by atoms with Crippen LogP contribution in [-0.2, 0) is 0 Å². The highest BCUT2D eigenvalue weighted by atomic mass is 16.3. The maximum atomic E-state index is 10.3. The van der Waals surface area contributed by atoms with Gasteiger partial charge in [-0.3, -0.25) is 0 Å². The van der Waals surface area contributed by atoms with Crippen molar-refractivity contribution in [2.75, 3.05) is 0 Å². The second-order valence-corrected chi connectivity index (χ2v) is 6.97. The summed E-state index contributed by atoms with van der Waals surface area (Å²) >= 11 is 0. The van der Waals surface area contributed by atoms with E-state index < -0.39 is 11.2 Å². The van der Waals surface area contributed by atoms with Crippen LogP contribution < -0.4 is 0 Å². The molecule has 4 atom stereocenters. The zero-order valence-electron chi connectivity index (χ0n) is 11.4. The Hall–Kier alpha value is -0.340. The molecule has 0 aromatic heterocycles. The van der Waals surface area contributed by atoms with Crippen LogP contribution in [0.15, 0.2) is 12.2 Å². The Balaban J connectivity index is 2.24. The lowest BCUT2D eigenvalue weighted by Gasteiger charge is -2.50. The van der Waals surface area contributed by atoms with Gasteiger partial charge in [0.2, 0.25) is 0 Å². The number of fused-ring (bicyclic) bond motifs is 1. The molecule has 2 fully saturated rings. The summed E-state index contributed by atoms with van der Waals surface area (Å²) in [6.45, 7) is 9.95. The smallest absolute Gasteiger partial charge is 0.0623 e. The van der Waals surface area contributed by atoms with Crippen LogP contribution in [0.25, 0.3) is 0 Å². The summed E-state index contributed by atoms with van der Waals surface area (Å²) in [6, 6.07) is 0. The summed E-state index contributed by atoms with van der Waals surface area (Å²) in [5, 5.41) is 20.6. The third kappa shape index (κ3) is 2.58. The van der Waals surface area contributed by atoms with Crippen LogP contribution in [0.1, 0.15) is 52.9 Å². The van der Waals surface area contributed by atoms with Gasteiger partial charge in [-0.25, -0.2) is 0 Å². The second kappa shape index (κ2) is 4.10. The lowest BCUT2D eigenvalue weighted by molar-refractivity contribution is -0.0875. The molecule has 0 aromatic carbocycles. The first-order chi connectivity index (χ1) is 7.71. The monoisotopic (exact) mass is 238 g/mol. The number of rotatable bonds is 1. The highest BCUT2D eigenvalue weighted by Crippen LogP contribution is 2.51. The second-order valence-electron chi connectivity index (χ2n) is 6.97. The quantitative estimate of drug-likeness (QED) is 0.690. The third-order valence-corrected chi connectivity index (χ3v) is 4.91. The highest BCUT2D eigenvalue weighted by molar-refractivity contribution is 5.13. The lowest BCUT2D eigenvalue weighted by atomic mass is 9.57. The van der Waals surface area contributed by atoms with Gasteiger partial charge in [0.1, 0.15) is 0 Å². The predicted molar refractivity (Wildman–Crippen MR) is 69.6 cm³/mol. The fourth-order valence-corrected chi connectivity index (χ4v) is 3.98. The average molecular weight is 238 g/mol. The molecule has 0 amide bonds. The van der Waals surface area contributed by atoms with Crippen molar-refractivity contribution in [2.45, 2.75) is 64.1 Å². The van der Waals surface area contributed by atoms with Crippen molar-refractivity contribution in [3.8, 4) is 0 Å². The summed E-state index contributed by atoms with van der Waals surface area (Å²) < 4.78 is 0. The topological polar surface area (TPSA) is 40.5 Å². The van der Waals surface area contributed by atoms with Crippen molar-refractivity contribution in [1.29, 1.82) is 0 Å². The van der Waals surface area contributed by atoms with Gasteiger partial charge < -0.3 is 10.2 Å². The third-order valence-electron chi connectivity index (χ3n) is 4.91. The highest BCUT2D eigenvalue weighted by Gasteiger charge is 2.47. The molecule has 0 heterocycles. The van der Waals surface area contributed by atoms with Gasteiger partial charge in [-0.05, 0) is 70.6 Å². The fourth-order valence-electron chi connectivity index (χ4n) is 3.98. The first-order valence-electron chi connectivity index (χ1n) is 6.83. The molecule has 2 aliphatic rings. The number of aliphatic hydroxyl groups is 2. The Morgan fingerprint density at radius 1 is 1.35 bits per heavy atom. The minimum atomic E-state index is -0.642. The van der Waals surface area contributed by atoms with Gasteiger partial charge in [0.15, 0.2) is 0 Å². The molecule has 0 aromatic rings. The number of hydrogen-bond donors (Lipinski definition) is 2. The van der Waals surface area contributed by atoms with Gasteiger partial charge in [-0.2, -0.15) is 0 Å². The van der Waals surface area contributed by atoms with Gasteiger partial charge in [-0.1, -0.05) is 12.2 Å². The molecule has 0 saturated heterocycles. The summed E-state index contributed by atoms with van der Waals surface area (Å²) in [5.41, 5.74) is 0.144. The molecule has 0 radical (unpaired) electrons. The van der Waals surface area contributed by atoms with Crippen molar-refractivity contribution >= 4 is 0 Å². The zero-order chi connectivity index (χ0) is 12.8. The maximum absolute atomic E-state index is 10.3. The summed E-state index contributed by atoms with van der Waals surface area (Å²) in [5.74, 6) is 1.21. The Kier molecular flexibility index (Phi) is 3.16. The van der Waals surface area contributed by atoms with E-state index in [1.165, 1.54) is 5.57 Å². The van der Waals surface area contributed by atoms with Crippen molar-refractivity contribution in [3.05, 3.63) is 12.2 Å². The minimum Gasteiger partial charge on any atom is -0.390 e. The van der Waals surface area contributed by atoms with Gasteiger partial charge in [0.25, 0.3) is 0 Å². The average Bonchev–Trinajstić information content (AvgIpc) is 2.14. The van der Waals surface area contributed by atoms with E-state index in [0.29, 0.717) is 17.8 Å². The largest absolute Gasteiger partial charge is 0.390 e. The summed E-state index contributed by atoms with van der Waals surface area (Å²) in [4.78, 5) is 0. The van der Waals surface area contributed by atoms with Crippen molar-refractivity contribution in [3.63, 3.8) is 0 Å². The molecule has 2 rings (SSSR count). The SMILES string of the molecule is C=C1CC[C@H](C(C)(C)O)[C@H]2C[C@@](C)(O)CC[C@H]12. The van der Waals surface area contributed by atoms with E-state index in [9.17, 15) is 10.2 Å². The van der Waals surface area contributed by atoms with Gasteiger partial charge >= 0.3 is 0 Å². The molecule has 0 aliphatic heterocycles. The Labute approximate surface area is 105 Å². The number of allylic oxidation sites excluding steroid dienone is 1. The molecule has 2 nitrogen and oxygen atoms in total. The van der Waals surface area contributed by atoms with E-state index in [2.05, 4.69) is 6.58 Å². The molecule has 0 spiro atoms. The van der Waals surface area contributed by atoms with Crippen LogP contribution >= 0.6 is 0 Å². The molecule has 2 N–H and O–H groups in total. The van der Waals surface area contributed by atoms with Gasteiger partial charge in [0, 0.05) is 0 Å². The molecular weight excluding hydrogens is 212 g/mol. The van der Waals surface area contributed by atoms with Crippen molar-refractivity contribution in [1.82, 2.24) is 0 Å². The van der Waals surface area contributed by atoms with E-state index in [-0.39, 0.29) is 0 Å². The van der Waals surface area contributed by atoms with E-state index >= 15 is 0 Å². The van der Waals surface area contributed by atoms with Gasteiger partial charge in [-0.15, -0.1) is 0 Å². The molecule has 2 aliphatic carbocycles. The van der Waals surface area contributed by atoms with E-state index in [1.54, 1.807) is 0 Å². The van der Waals surface area contributed by atoms with Crippen LogP contribution in [-0.4, -0.2) is 21.4 Å². The summed E-state index contributed by atoms with van der Waals surface area (Å²) in [7, 11) is 0. The van der Waals surface area contributed by atoms with Crippen LogP contribution in [0.4, 0.5) is 0 Å². The molecular formula is C15H26O2. The molecule has 0 unspecified atom stereocenters. The normalized spacial score (nSPS) is 43.4. The summed E-state index contributed by atoms with van der Waals surface area (Å²) in [6.07, 6.45) is 4.76. The van der Waals surface area contributed by atoms with Crippen molar-refractivity contribution in [2.24, 2.45) is 17.8 Å². The zero-order valence-corrected chi connectivity index (χ0v) is 11.4. The Morgan fingerprint density at radius 3 is 2.59 bits per heavy atom. The van der Waals surface area contributed by atoms with E-state index in [4.69, 9.17) is 0 Å². The van der Waals surface area contributed by atoms with E-state index in [0.717, 1.165) is 32.1 Å². The number of hydrogen-bond acceptors (Lipinski definition) is 2. The first kappa shape index (κ1) is 13.1. The Bertz CT molecular complexity index is 311. The molecule has 0 bridgehead atoms. The van der Waals surface area contributed by atoms with Crippen molar-refractivity contribution < 1.29 is 10.2 Å². The minimum absolute atomic E-state index is 0.296. The predicted octanol–water partition coefficient (Wildman–Crippen LogP) is 2.89. The van der Waals surface area contributed by atoms with Crippen LogP contribution in [0.3, 0.4) is 0 Å². The molecule has 98 valence electrons. The first-order valence-corrected chi connectivity index (χ1v) is 6.83. The Morgan fingerprint density at radius 2 is 2.00 bits per heavy atom. The molecule has 2 saturated carbocycles. The lowest BCUT2D eigenvalue weighted by Crippen LogP contribution is -2.48. The standard InChI is InChI=1S/C15H26O2/c1-10-5-6-13(14(2,3)16)12-9-15(4,17)8-7-11(10)12/h11-13,16-17H,1,5-9H2,2-4H3/t11-,12+,13+,15+/m1/s1. The fraction of sp³-hybridized carbons (Fsp3) is 0.867. The van der Waals surface area contributed by atoms with E-state index in [1.807, 2.05) is 20.8 Å². The van der Waals surface area contributed by atoms with Crippen LogP contribution in [0.5, 0.6) is 0 Å². The molecule has 2 heteroatoms.